The highest BCUT2D eigenvalue weighted by atomic mass is 35.5. The van der Waals surface area contributed by atoms with Gasteiger partial charge < -0.3 is 4.84 Å². The Bertz CT molecular complexity index is 864. The van der Waals surface area contributed by atoms with Gasteiger partial charge in [-0.15, -0.1) is 0 Å². The molecule has 26 heavy (non-hydrogen) atoms. The Morgan fingerprint density at radius 2 is 1.85 bits per heavy atom. The van der Waals surface area contributed by atoms with E-state index in [1.54, 1.807) is 24.3 Å². The molecule has 1 aliphatic heterocycles. The molecule has 0 fully saturated rings. The molecule has 0 unspecified atom stereocenters. The molecule has 0 N–H and O–H groups in total. The molecule has 2 aromatic rings. The summed E-state index contributed by atoms with van der Waals surface area (Å²) in [6, 6.07) is 8.18. The van der Waals surface area contributed by atoms with Gasteiger partial charge in [0.25, 0.3) is 11.8 Å². The molecule has 0 aliphatic carbocycles. The van der Waals surface area contributed by atoms with Crippen LogP contribution in [0.4, 0.5) is 0 Å². The van der Waals surface area contributed by atoms with Crippen LogP contribution >= 0.6 is 23.2 Å². The molecule has 1 aliphatic rings. The fraction of sp³-hybridized carbons (Fsp3) is 0.222. The number of pyridine rings is 1. The first kappa shape index (κ1) is 18.4. The number of rotatable bonds is 6. The van der Waals surface area contributed by atoms with Crippen LogP contribution in [-0.2, 0) is 4.84 Å². The number of aromatic nitrogens is 1. The molecule has 8 heteroatoms. The molecule has 0 spiro atoms. The average Bonchev–Trinajstić information content (AvgIpc) is 2.86. The summed E-state index contributed by atoms with van der Waals surface area (Å²) in [5.41, 5.74) is 1.31. The molecular weight excluding hydrogens is 377 g/mol. The standard InChI is InChI=1S/C18H15Cl2N3O3/c1-2-7-26-22-15(16-14(20)8-11(19)9-21-16)10-23-17(24)12-5-3-4-6-13(12)18(23)25/h3-6,8-9H,2,7,10H2,1H3. The molecule has 0 bridgehead atoms. The Morgan fingerprint density at radius 1 is 1.19 bits per heavy atom. The second-order valence-corrected chi connectivity index (χ2v) is 6.44. The Hall–Kier alpha value is -2.44. The summed E-state index contributed by atoms with van der Waals surface area (Å²) in [4.78, 5) is 35.7. The average molecular weight is 392 g/mol. The number of benzene rings is 1. The highest BCUT2D eigenvalue weighted by molar-refractivity contribution is 6.36. The predicted octanol–water partition coefficient (Wildman–Crippen LogP) is 3.82. The maximum Gasteiger partial charge on any atom is 0.261 e. The van der Waals surface area contributed by atoms with Crippen LogP contribution in [-0.4, -0.2) is 40.6 Å². The summed E-state index contributed by atoms with van der Waals surface area (Å²) in [7, 11) is 0. The predicted molar refractivity (Wildman–Crippen MR) is 98.8 cm³/mol. The van der Waals surface area contributed by atoms with Gasteiger partial charge in [-0.3, -0.25) is 19.5 Å². The van der Waals surface area contributed by atoms with Crippen LogP contribution in [0.2, 0.25) is 10.0 Å². The van der Waals surface area contributed by atoms with Crippen LogP contribution < -0.4 is 0 Å². The van der Waals surface area contributed by atoms with Crippen LogP contribution in [0, 0.1) is 0 Å². The molecule has 2 heterocycles. The number of hydrogen-bond acceptors (Lipinski definition) is 5. The lowest BCUT2D eigenvalue weighted by Gasteiger charge is -2.15. The summed E-state index contributed by atoms with van der Waals surface area (Å²) in [5, 5.41) is 4.68. The summed E-state index contributed by atoms with van der Waals surface area (Å²) in [6.45, 7) is 2.22. The number of carbonyl (C=O) groups excluding carboxylic acids is 2. The molecule has 2 amide bonds. The lowest BCUT2D eigenvalue weighted by atomic mass is 10.1. The zero-order chi connectivity index (χ0) is 18.7. The molecule has 0 atom stereocenters. The third-order valence-corrected chi connectivity index (χ3v) is 4.23. The van der Waals surface area contributed by atoms with Crippen molar-refractivity contribution in [1.82, 2.24) is 9.88 Å². The number of nitrogens with zero attached hydrogens (tertiary/aromatic N) is 3. The Labute approximate surface area is 160 Å². The molecule has 3 rings (SSSR count). The van der Waals surface area contributed by atoms with Crippen LogP contribution in [0.1, 0.15) is 39.8 Å². The highest BCUT2D eigenvalue weighted by Gasteiger charge is 2.36. The monoisotopic (exact) mass is 391 g/mol. The Balaban J connectivity index is 1.93. The van der Waals surface area contributed by atoms with Crippen molar-refractivity contribution in [2.24, 2.45) is 5.16 Å². The van der Waals surface area contributed by atoms with E-state index in [1.165, 1.54) is 12.3 Å². The van der Waals surface area contributed by atoms with E-state index in [0.29, 0.717) is 28.5 Å². The van der Waals surface area contributed by atoms with Crippen LogP contribution in [0.5, 0.6) is 0 Å². The van der Waals surface area contributed by atoms with Crippen LogP contribution in [0.3, 0.4) is 0 Å². The molecule has 0 saturated heterocycles. The maximum atomic E-state index is 12.6. The van der Waals surface area contributed by atoms with Crippen molar-refractivity contribution >= 4 is 40.7 Å². The molecule has 1 aromatic heterocycles. The smallest absolute Gasteiger partial charge is 0.261 e. The molecule has 1 aromatic carbocycles. The van der Waals surface area contributed by atoms with Crippen molar-refractivity contribution in [2.45, 2.75) is 13.3 Å². The molecule has 0 radical (unpaired) electrons. The maximum absolute atomic E-state index is 12.6. The minimum atomic E-state index is -0.390. The first-order valence-electron chi connectivity index (χ1n) is 7.98. The molecule has 134 valence electrons. The van der Waals surface area contributed by atoms with Crippen molar-refractivity contribution in [3.05, 3.63) is 63.4 Å². The number of oxime groups is 1. The summed E-state index contributed by atoms with van der Waals surface area (Å²) in [5.74, 6) is -0.780. The van der Waals surface area contributed by atoms with Crippen LogP contribution in [0.15, 0.2) is 41.7 Å². The van der Waals surface area contributed by atoms with Crippen molar-refractivity contribution < 1.29 is 14.4 Å². The van der Waals surface area contributed by atoms with E-state index in [4.69, 9.17) is 28.0 Å². The number of halogens is 2. The Kier molecular flexibility index (Phi) is 5.54. The van der Waals surface area contributed by atoms with E-state index >= 15 is 0 Å². The quantitative estimate of drug-likeness (QED) is 0.324. The normalized spacial score (nSPS) is 14.0. The minimum Gasteiger partial charge on any atom is -0.395 e. The number of amides is 2. The number of imide groups is 1. The molecular formula is C18H15Cl2N3O3. The van der Waals surface area contributed by atoms with Gasteiger partial charge in [-0.1, -0.05) is 47.4 Å². The van der Waals surface area contributed by atoms with Crippen molar-refractivity contribution in [3.8, 4) is 0 Å². The van der Waals surface area contributed by atoms with Crippen LogP contribution in [0.25, 0.3) is 0 Å². The van der Waals surface area contributed by atoms with Gasteiger partial charge in [-0.2, -0.15) is 0 Å². The largest absolute Gasteiger partial charge is 0.395 e. The van der Waals surface area contributed by atoms with Gasteiger partial charge in [-0.05, 0) is 24.6 Å². The van der Waals surface area contributed by atoms with E-state index in [0.717, 1.165) is 11.3 Å². The summed E-state index contributed by atoms with van der Waals surface area (Å²) >= 11 is 12.1. The lowest BCUT2D eigenvalue weighted by Crippen LogP contribution is -2.35. The van der Waals surface area contributed by atoms with Crippen molar-refractivity contribution in [3.63, 3.8) is 0 Å². The van der Waals surface area contributed by atoms with Gasteiger partial charge in [0.05, 0.1) is 27.7 Å². The first-order chi connectivity index (χ1) is 12.5. The summed E-state index contributed by atoms with van der Waals surface area (Å²) < 4.78 is 0. The van der Waals surface area contributed by atoms with Gasteiger partial charge >= 0.3 is 0 Å². The fourth-order valence-corrected chi connectivity index (χ4v) is 3.01. The zero-order valence-corrected chi connectivity index (χ0v) is 15.4. The van der Waals surface area contributed by atoms with Gasteiger partial charge in [0, 0.05) is 6.20 Å². The number of hydrogen-bond donors (Lipinski definition) is 0. The van der Waals surface area contributed by atoms with Crippen molar-refractivity contribution in [2.75, 3.05) is 13.2 Å². The fourth-order valence-electron chi connectivity index (χ4n) is 2.52. The number of carbonyl (C=O) groups is 2. The second kappa shape index (κ2) is 7.85. The SMILES string of the molecule is CCCON=C(CN1C(=O)c2ccccc2C1=O)c1ncc(Cl)cc1Cl. The van der Waals surface area contributed by atoms with Crippen molar-refractivity contribution in [1.29, 1.82) is 0 Å². The van der Waals surface area contributed by atoms with E-state index < -0.39 is 0 Å². The Morgan fingerprint density at radius 3 is 2.42 bits per heavy atom. The second-order valence-electron chi connectivity index (χ2n) is 5.60. The lowest BCUT2D eigenvalue weighted by molar-refractivity contribution is 0.0675. The van der Waals surface area contributed by atoms with Gasteiger partial charge in [0.1, 0.15) is 18.0 Å². The zero-order valence-electron chi connectivity index (χ0n) is 13.9. The third kappa shape index (κ3) is 3.57. The molecule has 6 nitrogen and oxygen atoms in total. The highest BCUT2D eigenvalue weighted by Crippen LogP contribution is 2.24. The minimum absolute atomic E-state index is 0.107. The molecule has 0 saturated carbocycles. The van der Waals surface area contributed by atoms with Gasteiger partial charge in [0.2, 0.25) is 0 Å². The topological polar surface area (TPSA) is 71.9 Å². The number of fused-ring (bicyclic) bond motifs is 1. The van der Waals surface area contributed by atoms with E-state index in [1.807, 2.05) is 6.92 Å². The van der Waals surface area contributed by atoms with E-state index in [9.17, 15) is 9.59 Å². The van der Waals surface area contributed by atoms with E-state index in [2.05, 4.69) is 10.1 Å². The van der Waals surface area contributed by atoms with Gasteiger partial charge in [0.15, 0.2) is 0 Å². The van der Waals surface area contributed by atoms with Gasteiger partial charge in [-0.25, -0.2) is 0 Å². The van der Waals surface area contributed by atoms with E-state index in [-0.39, 0.29) is 29.1 Å². The third-order valence-electron chi connectivity index (χ3n) is 3.74. The first-order valence-corrected chi connectivity index (χ1v) is 8.74. The summed E-state index contributed by atoms with van der Waals surface area (Å²) in [6.07, 6.45) is 2.17.